The molecule has 1 N–H and O–H groups in total. The third-order valence-electron chi connectivity index (χ3n) is 3.88. The van der Waals surface area contributed by atoms with E-state index in [-0.39, 0.29) is 5.82 Å². The van der Waals surface area contributed by atoms with Gasteiger partial charge in [-0.3, -0.25) is 4.98 Å². The number of aryl methyl sites for hydroxylation is 3. The highest BCUT2D eigenvalue weighted by molar-refractivity contribution is 5.27. The lowest BCUT2D eigenvalue weighted by molar-refractivity contribution is 0.618. The molecule has 1 aromatic heterocycles. The standard InChI is InChI=1S/C19H25FN2/c1-4-16-13-22-19(5-2)11-17(16)6-7-21-12-15-8-14(3)9-18(20)10-15/h8-11,13,21H,4-7,12H2,1-3H3. The number of nitrogens with one attached hydrogen (secondary N) is 1. The average molecular weight is 300 g/mol. The minimum Gasteiger partial charge on any atom is -0.312 e. The van der Waals surface area contributed by atoms with Crippen LogP contribution in [-0.4, -0.2) is 11.5 Å². The van der Waals surface area contributed by atoms with Crippen molar-refractivity contribution in [3.8, 4) is 0 Å². The highest BCUT2D eigenvalue weighted by atomic mass is 19.1. The predicted molar refractivity (Wildman–Crippen MR) is 89.5 cm³/mol. The maximum Gasteiger partial charge on any atom is 0.123 e. The molecule has 2 aromatic rings. The second kappa shape index (κ2) is 8.04. The summed E-state index contributed by atoms with van der Waals surface area (Å²) in [5, 5.41) is 3.41. The molecule has 1 aromatic carbocycles. The van der Waals surface area contributed by atoms with E-state index in [1.54, 1.807) is 12.1 Å². The summed E-state index contributed by atoms with van der Waals surface area (Å²) in [5.41, 5.74) is 5.80. The van der Waals surface area contributed by atoms with Gasteiger partial charge in [-0.1, -0.05) is 19.9 Å². The third kappa shape index (κ3) is 4.63. The van der Waals surface area contributed by atoms with Crippen molar-refractivity contribution in [2.75, 3.05) is 6.54 Å². The lowest BCUT2D eigenvalue weighted by Crippen LogP contribution is -2.17. The van der Waals surface area contributed by atoms with Crippen molar-refractivity contribution < 1.29 is 4.39 Å². The zero-order valence-corrected chi connectivity index (χ0v) is 13.7. The normalized spacial score (nSPS) is 10.9. The Hall–Kier alpha value is -1.74. The van der Waals surface area contributed by atoms with Gasteiger partial charge in [0.15, 0.2) is 0 Å². The zero-order chi connectivity index (χ0) is 15.9. The van der Waals surface area contributed by atoms with Crippen LogP contribution in [0.25, 0.3) is 0 Å². The molecule has 0 radical (unpaired) electrons. The first-order valence-corrected chi connectivity index (χ1v) is 8.05. The Kier molecular flexibility index (Phi) is 6.08. The lowest BCUT2D eigenvalue weighted by Gasteiger charge is -2.11. The van der Waals surface area contributed by atoms with Crippen LogP contribution in [0.3, 0.4) is 0 Å². The fraction of sp³-hybridized carbons (Fsp3) is 0.421. The van der Waals surface area contributed by atoms with Crippen molar-refractivity contribution in [3.63, 3.8) is 0 Å². The Labute approximate surface area is 132 Å². The first kappa shape index (κ1) is 16.6. The molecule has 0 amide bonds. The van der Waals surface area contributed by atoms with Gasteiger partial charge in [0.1, 0.15) is 5.82 Å². The molecule has 118 valence electrons. The van der Waals surface area contributed by atoms with E-state index in [0.29, 0.717) is 6.54 Å². The van der Waals surface area contributed by atoms with E-state index >= 15 is 0 Å². The number of halogens is 1. The van der Waals surface area contributed by atoms with Gasteiger partial charge in [0, 0.05) is 18.4 Å². The molecular formula is C19H25FN2. The minimum absolute atomic E-state index is 0.160. The van der Waals surface area contributed by atoms with E-state index in [9.17, 15) is 4.39 Å². The Balaban J connectivity index is 1.90. The zero-order valence-electron chi connectivity index (χ0n) is 13.7. The van der Waals surface area contributed by atoms with Crippen molar-refractivity contribution in [1.82, 2.24) is 10.3 Å². The maximum atomic E-state index is 13.3. The summed E-state index contributed by atoms with van der Waals surface area (Å²) in [7, 11) is 0. The molecule has 0 aliphatic heterocycles. The Morgan fingerprint density at radius 2 is 1.86 bits per heavy atom. The number of hydrogen-bond donors (Lipinski definition) is 1. The second-order valence-electron chi connectivity index (χ2n) is 5.72. The molecular weight excluding hydrogens is 275 g/mol. The number of rotatable bonds is 7. The van der Waals surface area contributed by atoms with Gasteiger partial charge in [-0.25, -0.2) is 4.39 Å². The molecule has 22 heavy (non-hydrogen) atoms. The van der Waals surface area contributed by atoms with Gasteiger partial charge in [0.05, 0.1) is 0 Å². The van der Waals surface area contributed by atoms with Gasteiger partial charge < -0.3 is 5.32 Å². The van der Waals surface area contributed by atoms with Crippen LogP contribution in [0, 0.1) is 12.7 Å². The van der Waals surface area contributed by atoms with Crippen molar-refractivity contribution in [1.29, 1.82) is 0 Å². The molecule has 3 heteroatoms. The molecule has 0 aliphatic carbocycles. The predicted octanol–water partition coefficient (Wildman–Crippen LogP) is 3.99. The lowest BCUT2D eigenvalue weighted by atomic mass is 10.0. The fourth-order valence-corrected chi connectivity index (χ4v) is 2.69. The van der Waals surface area contributed by atoms with Crippen LogP contribution in [0.1, 0.15) is 41.8 Å². The molecule has 2 rings (SSSR count). The van der Waals surface area contributed by atoms with E-state index in [2.05, 4.69) is 30.2 Å². The van der Waals surface area contributed by atoms with Crippen LogP contribution >= 0.6 is 0 Å². The average Bonchev–Trinajstić information content (AvgIpc) is 2.50. The van der Waals surface area contributed by atoms with E-state index < -0.39 is 0 Å². The van der Waals surface area contributed by atoms with Crippen LogP contribution in [0.2, 0.25) is 0 Å². The molecule has 0 spiro atoms. The van der Waals surface area contributed by atoms with Crippen molar-refractivity contribution in [2.24, 2.45) is 0 Å². The molecule has 0 unspecified atom stereocenters. The molecule has 0 saturated carbocycles. The smallest absolute Gasteiger partial charge is 0.123 e. The van der Waals surface area contributed by atoms with Gasteiger partial charge in [-0.2, -0.15) is 0 Å². The summed E-state index contributed by atoms with van der Waals surface area (Å²) in [5.74, 6) is -0.160. The molecule has 2 nitrogen and oxygen atoms in total. The van der Waals surface area contributed by atoms with Crippen LogP contribution in [0.5, 0.6) is 0 Å². The van der Waals surface area contributed by atoms with E-state index in [1.165, 1.54) is 11.1 Å². The van der Waals surface area contributed by atoms with Gasteiger partial charge in [0.2, 0.25) is 0 Å². The number of nitrogens with zero attached hydrogens (tertiary/aromatic N) is 1. The molecule has 0 saturated heterocycles. The number of aromatic nitrogens is 1. The van der Waals surface area contributed by atoms with Crippen molar-refractivity contribution in [3.05, 3.63) is 64.2 Å². The maximum absolute atomic E-state index is 13.3. The second-order valence-corrected chi connectivity index (χ2v) is 5.72. The molecule has 0 atom stereocenters. The largest absolute Gasteiger partial charge is 0.312 e. The summed E-state index contributed by atoms with van der Waals surface area (Å²) < 4.78 is 13.3. The minimum atomic E-state index is -0.160. The number of pyridine rings is 1. The van der Waals surface area contributed by atoms with E-state index in [0.717, 1.165) is 42.6 Å². The summed E-state index contributed by atoms with van der Waals surface area (Å²) in [6.45, 7) is 7.79. The Morgan fingerprint density at radius 1 is 1.05 bits per heavy atom. The van der Waals surface area contributed by atoms with Gasteiger partial charge >= 0.3 is 0 Å². The fourth-order valence-electron chi connectivity index (χ4n) is 2.69. The van der Waals surface area contributed by atoms with Crippen molar-refractivity contribution in [2.45, 2.75) is 46.6 Å². The molecule has 0 bridgehead atoms. The topological polar surface area (TPSA) is 24.9 Å². The van der Waals surface area contributed by atoms with Crippen LogP contribution in [-0.2, 0) is 25.8 Å². The van der Waals surface area contributed by atoms with Gasteiger partial charge in [-0.15, -0.1) is 0 Å². The highest BCUT2D eigenvalue weighted by Gasteiger charge is 2.04. The molecule has 1 heterocycles. The SMILES string of the molecule is CCc1cc(CCNCc2cc(C)cc(F)c2)c(CC)cn1. The van der Waals surface area contributed by atoms with Crippen molar-refractivity contribution >= 4 is 0 Å². The Bertz CT molecular complexity index is 603. The number of hydrogen-bond acceptors (Lipinski definition) is 2. The van der Waals surface area contributed by atoms with Gasteiger partial charge in [-0.05, 0) is 73.2 Å². The van der Waals surface area contributed by atoms with E-state index in [1.807, 2.05) is 19.2 Å². The van der Waals surface area contributed by atoms with Gasteiger partial charge in [0.25, 0.3) is 0 Å². The van der Waals surface area contributed by atoms with Crippen LogP contribution in [0.4, 0.5) is 4.39 Å². The quantitative estimate of drug-likeness (QED) is 0.782. The third-order valence-corrected chi connectivity index (χ3v) is 3.88. The molecule has 0 fully saturated rings. The number of benzene rings is 1. The Morgan fingerprint density at radius 3 is 2.55 bits per heavy atom. The summed E-state index contributed by atoms with van der Waals surface area (Å²) in [6, 6.07) is 7.39. The summed E-state index contributed by atoms with van der Waals surface area (Å²) in [6.07, 6.45) is 4.96. The first-order valence-electron chi connectivity index (χ1n) is 8.05. The van der Waals surface area contributed by atoms with Crippen LogP contribution < -0.4 is 5.32 Å². The first-order chi connectivity index (χ1) is 10.6. The van der Waals surface area contributed by atoms with E-state index in [4.69, 9.17) is 0 Å². The molecule has 0 aliphatic rings. The summed E-state index contributed by atoms with van der Waals surface area (Å²) in [4.78, 5) is 4.46. The highest BCUT2D eigenvalue weighted by Crippen LogP contribution is 2.12. The van der Waals surface area contributed by atoms with Crippen LogP contribution in [0.15, 0.2) is 30.5 Å². The monoisotopic (exact) mass is 300 g/mol. The summed E-state index contributed by atoms with van der Waals surface area (Å²) >= 11 is 0.